The molecule has 2 bridgehead atoms. The zero-order valence-electron chi connectivity index (χ0n) is 18.0. The molecule has 2 saturated heterocycles. The van der Waals surface area contributed by atoms with Crippen molar-refractivity contribution in [3.8, 4) is 11.8 Å². The topological polar surface area (TPSA) is 77.8 Å². The fourth-order valence-corrected chi connectivity index (χ4v) is 3.99. The minimum Gasteiger partial charge on any atom is -0.493 e. The largest absolute Gasteiger partial charge is 0.493 e. The maximum Gasteiger partial charge on any atom is 0.234 e. The predicted molar refractivity (Wildman–Crippen MR) is 111 cm³/mol. The molecule has 7 nitrogen and oxygen atoms in total. The summed E-state index contributed by atoms with van der Waals surface area (Å²) in [5.74, 6) is -0.0676. The third-order valence-corrected chi connectivity index (χ3v) is 5.06. The highest BCUT2D eigenvalue weighted by Crippen LogP contribution is 2.20. The Morgan fingerprint density at radius 1 is 1.27 bits per heavy atom. The highest BCUT2D eigenvalue weighted by molar-refractivity contribution is 5.78. The number of benzene rings is 1. The number of rotatable bonds is 7. The first-order chi connectivity index (χ1) is 14.2. The molecular weight excluding hydrogens is 387 g/mol. The van der Waals surface area contributed by atoms with Crippen LogP contribution < -0.4 is 10.1 Å². The summed E-state index contributed by atoms with van der Waals surface area (Å²) in [4.78, 5) is 16.8. The standard InChI is InChI=1S/C22H31FN4O3/c1-22(2,3)25-21(28)15-27-13-18-11-26(12-19(14-27)30-18)7-4-8-29-17-6-5-16(10-24)20(23)9-17/h5-6,9,18-19H,4,7-8,11-15H2,1-3H3,(H,25,28). The lowest BCUT2D eigenvalue weighted by atomic mass is 10.1. The van der Waals surface area contributed by atoms with Gasteiger partial charge < -0.3 is 14.8 Å². The molecule has 30 heavy (non-hydrogen) atoms. The van der Waals surface area contributed by atoms with E-state index in [1.165, 1.54) is 12.1 Å². The van der Waals surface area contributed by atoms with Gasteiger partial charge in [-0.05, 0) is 39.3 Å². The molecule has 8 heteroatoms. The normalized spacial score (nSPS) is 22.4. The van der Waals surface area contributed by atoms with Gasteiger partial charge in [0.15, 0.2) is 0 Å². The summed E-state index contributed by atoms with van der Waals surface area (Å²) < 4.78 is 25.3. The van der Waals surface area contributed by atoms with Gasteiger partial charge in [-0.15, -0.1) is 0 Å². The number of nitrogens with one attached hydrogen (secondary N) is 1. The van der Waals surface area contributed by atoms with Gasteiger partial charge in [0.05, 0.1) is 30.9 Å². The van der Waals surface area contributed by atoms with Gasteiger partial charge in [-0.1, -0.05) is 0 Å². The Morgan fingerprint density at radius 2 is 1.93 bits per heavy atom. The van der Waals surface area contributed by atoms with Crippen molar-refractivity contribution in [3.63, 3.8) is 0 Å². The SMILES string of the molecule is CC(C)(C)NC(=O)CN1CC2CN(CCCOc3ccc(C#N)c(F)c3)CC(C1)O2. The number of nitriles is 1. The van der Waals surface area contributed by atoms with Crippen molar-refractivity contribution in [3.05, 3.63) is 29.6 Å². The second-order valence-electron chi connectivity index (χ2n) is 9.09. The fraction of sp³-hybridized carbons (Fsp3) is 0.636. The molecule has 1 aromatic rings. The van der Waals surface area contributed by atoms with Crippen LogP contribution in [0.5, 0.6) is 5.75 Å². The summed E-state index contributed by atoms with van der Waals surface area (Å²) in [7, 11) is 0. The van der Waals surface area contributed by atoms with E-state index in [1.54, 1.807) is 12.1 Å². The van der Waals surface area contributed by atoms with Gasteiger partial charge in [-0.2, -0.15) is 5.26 Å². The number of nitrogens with zero attached hydrogens (tertiary/aromatic N) is 3. The molecule has 3 rings (SSSR count). The molecule has 1 N–H and O–H groups in total. The third kappa shape index (κ3) is 6.66. The van der Waals surface area contributed by atoms with Gasteiger partial charge in [0.1, 0.15) is 17.6 Å². The molecule has 0 aromatic heterocycles. The maximum atomic E-state index is 13.6. The second kappa shape index (κ2) is 9.73. The summed E-state index contributed by atoms with van der Waals surface area (Å²) in [6.45, 7) is 10.9. The molecule has 1 amide bonds. The van der Waals surface area contributed by atoms with Crippen LogP contribution >= 0.6 is 0 Å². The molecule has 2 aliphatic heterocycles. The van der Waals surface area contributed by atoms with Crippen LogP contribution in [-0.4, -0.2) is 79.3 Å². The van der Waals surface area contributed by atoms with E-state index in [9.17, 15) is 9.18 Å². The summed E-state index contributed by atoms with van der Waals surface area (Å²) in [6, 6.07) is 6.10. The zero-order valence-corrected chi connectivity index (χ0v) is 18.0. The summed E-state index contributed by atoms with van der Waals surface area (Å²) >= 11 is 0. The van der Waals surface area contributed by atoms with Gasteiger partial charge in [-0.3, -0.25) is 14.6 Å². The molecule has 1 aromatic carbocycles. The molecular formula is C22H31FN4O3. The Morgan fingerprint density at radius 3 is 2.53 bits per heavy atom. The van der Waals surface area contributed by atoms with E-state index >= 15 is 0 Å². The molecule has 0 aliphatic carbocycles. The minimum absolute atomic E-state index is 0.0205. The molecule has 2 aliphatic rings. The van der Waals surface area contributed by atoms with E-state index in [0.717, 1.165) is 39.1 Å². The summed E-state index contributed by atoms with van der Waals surface area (Å²) in [6.07, 6.45) is 1.03. The zero-order chi connectivity index (χ0) is 21.7. The van der Waals surface area contributed by atoms with Gasteiger partial charge >= 0.3 is 0 Å². The van der Waals surface area contributed by atoms with Crippen LogP contribution in [0.2, 0.25) is 0 Å². The molecule has 0 spiro atoms. The van der Waals surface area contributed by atoms with Crippen LogP contribution in [0.25, 0.3) is 0 Å². The van der Waals surface area contributed by atoms with Crippen LogP contribution in [0.15, 0.2) is 18.2 Å². The van der Waals surface area contributed by atoms with Crippen molar-refractivity contribution in [1.82, 2.24) is 15.1 Å². The average molecular weight is 419 g/mol. The number of carbonyl (C=O) groups is 1. The number of fused-ring (bicyclic) bond motifs is 2. The first-order valence-corrected chi connectivity index (χ1v) is 10.5. The number of hydrogen-bond acceptors (Lipinski definition) is 6. The number of halogens is 1. The van der Waals surface area contributed by atoms with Crippen molar-refractivity contribution >= 4 is 5.91 Å². The first-order valence-electron chi connectivity index (χ1n) is 10.5. The molecule has 2 unspecified atom stereocenters. The highest BCUT2D eigenvalue weighted by Gasteiger charge is 2.35. The van der Waals surface area contributed by atoms with Crippen LogP contribution in [0.4, 0.5) is 4.39 Å². The van der Waals surface area contributed by atoms with E-state index in [-0.39, 0.29) is 29.2 Å². The maximum absolute atomic E-state index is 13.6. The van der Waals surface area contributed by atoms with Crippen molar-refractivity contribution in [2.45, 2.75) is 44.9 Å². The third-order valence-electron chi connectivity index (χ3n) is 5.06. The van der Waals surface area contributed by atoms with Crippen molar-refractivity contribution in [2.24, 2.45) is 0 Å². The molecule has 2 atom stereocenters. The van der Waals surface area contributed by atoms with Gasteiger partial charge in [0.2, 0.25) is 5.91 Å². The molecule has 2 heterocycles. The van der Waals surface area contributed by atoms with E-state index in [0.29, 0.717) is 18.9 Å². The van der Waals surface area contributed by atoms with Crippen LogP contribution in [-0.2, 0) is 9.53 Å². The molecule has 0 radical (unpaired) electrons. The highest BCUT2D eigenvalue weighted by atomic mass is 19.1. The number of hydrogen-bond donors (Lipinski definition) is 1. The lowest BCUT2D eigenvalue weighted by Crippen LogP contribution is -2.61. The second-order valence-corrected chi connectivity index (χ2v) is 9.09. The average Bonchev–Trinajstić information content (AvgIpc) is 2.63. The van der Waals surface area contributed by atoms with Crippen molar-refractivity contribution in [2.75, 3.05) is 45.9 Å². The minimum atomic E-state index is -0.559. The fourth-order valence-electron chi connectivity index (χ4n) is 3.99. The molecule has 164 valence electrons. The van der Waals surface area contributed by atoms with Gasteiger partial charge in [-0.25, -0.2) is 4.39 Å². The monoisotopic (exact) mass is 418 g/mol. The van der Waals surface area contributed by atoms with E-state index in [1.807, 2.05) is 20.8 Å². The molecule has 0 saturated carbocycles. The van der Waals surface area contributed by atoms with Crippen molar-refractivity contribution < 1.29 is 18.7 Å². The van der Waals surface area contributed by atoms with Crippen LogP contribution in [0.3, 0.4) is 0 Å². The quantitative estimate of drug-likeness (QED) is 0.680. The van der Waals surface area contributed by atoms with Gasteiger partial charge in [0.25, 0.3) is 0 Å². The van der Waals surface area contributed by atoms with E-state index in [4.69, 9.17) is 14.7 Å². The summed E-state index contributed by atoms with van der Waals surface area (Å²) in [5.41, 5.74) is -0.200. The van der Waals surface area contributed by atoms with Crippen LogP contribution in [0.1, 0.15) is 32.8 Å². The Kier molecular flexibility index (Phi) is 7.29. The van der Waals surface area contributed by atoms with Crippen molar-refractivity contribution in [1.29, 1.82) is 5.26 Å². The lowest BCUT2D eigenvalue weighted by Gasteiger charge is -2.45. The number of morpholine rings is 2. The Hall–Kier alpha value is -2.21. The lowest BCUT2D eigenvalue weighted by molar-refractivity contribution is -0.145. The number of amides is 1. The Labute approximate surface area is 177 Å². The van der Waals surface area contributed by atoms with E-state index in [2.05, 4.69) is 15.1 Å². The van der Waals surface area contributed by atoms with Gasteiger partial charge in [0, 0.05) is 44.3 Å². The Balaban J connectivity index is 1.38. The number of carbonyl (C=O) groups excluding carboxylic acids is 1. The summed E-state index contributed by atoms with van der Waals surface area (Å²) in [5, 5.41) is 11.8. The smallest absolute Gasteiger partial charge is 0.234 e. The van der Waals surface area contributed by atoms with Crippen LogP contribution in [0, 0.1) is 17.1 Å². The molecule has 2 fully saturated rings. The number of ether oxygens (including phenoxy) is 2. The van der Waals surface area contributed by atoms with E-state index < -0.39 is 5.82 Å². The predicted octanol–water partition coefficient (Wildman–Crippen LogP) is 1.77. The Bertz CT molecular complexity index is 776. The first kappa shape index (κ1) is 22.5.